The Bertz CT molecular complexity index is 527. The molecule has 0 fully saturated rings. The Morgan fingerprint density at radius 3 is 2.35 bits per heavy atom. The molecule has 0 aliphatic rings. The topological polar surface area (TPSA) is 54.9 Å². The summed E-state index contributed by atoms with van der Waals surface area (Å²) in [5, 5.41) is 2.50. The first-order chi connectivity index (χ1) is 8.15. The van der Waals surface area contributed by atoms with E-state index in [1.54, 1.807) is 0 Å². The molecule has 86 valence electrons. The first kappa shape index (κ1) is 11.7. The van der Waals surface area contributed by atoms with E-state index in [0.717, 1.165) is 4.47 Å². The summed E-state index contributed by atoms with van der Waals surface area (Å²) < 4.78 is 13.4. The molecular weight excluding hydrogens is 289 g/mol. The molecule has 0 atom stereocenters. The van der Waals surface area contributed by atoms with Gasteiger partial charge in [0.15, 0.2) is 0 Å². The van der Waals surface area contributed by atoms with Crippen LogP contribution < -0.4 is 5.32 Å². The van der Waals surface area contributed by atoms with Crippen LogP contribution >= 0.6 is 15.9 Å². The van der Waals surface area contributed by atoms with E-state index in [2.05, 4.69) is 31.2 Å². The summed E-state index contributed by atoms with van der Waals surface area (Å²) in [6, 6.07) is 5.22. The molecule has 0 unspecified atom stereocenters. The molecule has 0 aliphatic heterocycles. The number of aromatic nitrogens is 2. The monoisotopic (exact) mass is 295 g/mol. The smallest absolute Gasteiger partial charge is 0.258 e. The highest BCUT2D eigenvalue weighted by molar-refractivity contribution is 9.10. The molecule has 1 amide bonds. The van der Waals surface area contributed by atoms with Crippen molar-refractivity contribution in [2.75, 3.05) is 5.32 Å². The van der Waals surface area contributed by atoms with E-state index in [0.29, 0.717) is 5.56 Å². The van der Waals surface area contributed by atoms with Crippen molar-refractivity contribution in [3.8, 4) is 0 Å². The van der Waals surface area contributed by atoms with Gasteiger partial charge in [0.05, 0.1) is 4.47 Å². The van der Waals surface area contributed by atoms with Crippen LogP contribution in [0.5, 0.6) is 0 Å². The van der Waals surface area contributed by atoms with Gasteiger partial charge < -0.3 is 0 Å². The van der Waals surface area contributed by atoms with Crippen LogP contribution in [0.15, 0.2) is 41.1 Å². The Kier molecular flexibility index (Phi) is 3.43. The largest absolute Gasteiger partial charge is 0.290 e. The lowest BCUT2D eigenvalue weighted by molar-refractivity contribution is 0.102. The van der Waals surface area contributed by atoms with Crippen molar-refractivity contribution >= 4 is 27.8 Å². The van der Waals surface area contributed by atoms with Crippen molar-refractivity contribution in [1.29, 1.82) is 0 Å². The minimum atomic E-state index is -0.388. The maximum absolute atomic E-state index is 12.7. The van der Waals surface area contributed by atoms with Gasteiger partial charge in [-0.15, -0.1) is 0 Å². The quantitative estimate of drug-likeness (QED) is 0.927. The summed E-state index contributed by atoms with van der Waals surface area (Å²) in [7, 11) is 0. The van der Waals surface area contributed by atoms with E-state index < -0.39 is 0 Å². The molecule has 0 radical (unpaired) electrons. The van der Waals surface area contributed by atoms with Crippen molar-refractivity contribution < 1.29 is 9.18 Å². The molecule has 0 saturated heterocycles. The van der Waals surface area contributed by atoms with Crippen LogP contribution in [0.1, 0.15) is 10.4 Å². The molecule has 0 spiro atoms. The third-order valence-electron chi connectivity index (χ3n) is 1.95. The van der Waals surface area contributed by atoms with Crippen molar-refractivity contribution in [1.82, 2.24) is 9.97 Å². The Hall–Kier alpha value is -1.82. The van der Waals surface area contributed by atoms with Crippen LogP contribution in [0.25, 0.3) is 0 Å². The normalized spacial score (nSPS) is 10.0. The van der Waals surface area contributed by atoms with Gasteiger partial charge in [-0.25, -0.2) is 14.4 Å². The maximum atomic E-state index is 12.7. The van der Waals surface area contributed by atoms with Gasteiger partial charge in [0.1, 0.15) is 5.82 Å². The molecule has 17 heavy (non-hydrogen) atoms. The Balaban J connectivity index is 2.11. The number of nitrogens with zero attached hydrogens (tertiary/aromatic N) is 2. The summed E-state index contributed by atoms with van der Waals surface area (Å²) in [5.74, 6) is -0.573. The molecule has 0 bridgehead atoms. The zero-order valence-electron chi connectivity index (χ0n) is 8.52. The standard InChI is InChI=1S/C11H7BrFN3O/c12-8-5-14-11(15-6-8)16-10(17)7-1-3-9(13)4-2-7/h1-6H,(H,14,15,16,17). The van der Waals surface area contributed by atoms with Crippen LogP contribution in [0.2, 0.25) is 0 Å². The van der Waals surface area contributed by atoms with Gasteiger partial charge in [-0.05, 0) is 40.2 Å². The second-order valence-corrected chi connectivity index (χ2v) is 4.10. The van der Waals surface area contributed by atoms with Gasteiger partial charge in [0, 0.05) is 18.0 Å². The van der Waals surface area contributed by atoms with E-state index in [-0.39, 0.29) is 17.7 Å². The highest BCUT2D eigenvalue weighted by Crippen LogP contribution is 2.09. The Morgan fingerprint density at radius 2 is 1.76 bits per heavy atom. The lowest BCUT2D eigenvalue weighted by atomic mass is 10.2. The van der Waals surface area contributed by atoms with Gasteiger partial charge in [0.25, 0.3) is 5.91 Å². The van der Waals surface area contributed by atoms with E-state index >= 15 is 0 Å². The molecule has 1 N–H and O–H groups in total. The average Bonchev–Trinajstić information content (AvgIpc) is 2.33. The minimum absolute atomic E-state index is 0.197. The zero-order chi connectivity index (χ0) is 12.3. The molecule has 6 heteroatoms. The second-order valence-electron chi connectivity index (χ2n) is 3.19. The fraction of sp³-hybridized carbons (Fsp3) is 0. The maximum Gasteiger partial charge on any atom is 0.258 e. The lowest BCUT2D eigenvalue weighted by Crippen LogP contribution is -2.13. The number of amides is 1. The van der Waals surface area contributed by atoms with Gasteiger partial charge >= 0.3 is 0 Å². The molecule has 2 aromatic rings. The fourth-order valence-corrected chi connectivity index (χ4v) is 1.36. The number of rotatable bonds is 2. The van der Waals surface area contributed by atoms with Crippen LogP contribution in [0, 0.1) is 5.82 Å². The van der Waals surface area contributed by atoms with Crippen molar-refractivity contribution in [2.24, 2.45) is 0 Å². The number of carbonyl (C=O) groups excluding carboxylic acids is 1. The summed E-state index contributed by atoms with van der Waals surface area (Å²) in [6.07, 6.45) is 3.04. The predicted octanol–water partition coefficient (Wildman–Crippen LogP) is 2.63. The summed E-state index contributed by atoms with van der Waals surface area (Å²) in [4.78, 5) is 19.5. The third kappa shape index (κ3) is 3.07. The summed E-state index contributed by atoms with van der Waals surface area (Å²) in [5.41, 5.74) is 0.345. The predicted molar refractivity (Wildman–Crippen MR) is 64.1 cm³/mol. The van der Waals surface area contributed by atoms with Crippen LogP contribution in [0.3, 0.4) is 0 Å². The highest BCUT2D eigenvalue weighted by atomic mass is 79.9. The van der Waals surface area contributed by atoms with Gasteiger partial charge in [-0.3, -0.25) is 10.1 Å². The number of benzene rings is 1. The van der Waals surface area contributed by atoms with E-state index in [1.165, 1.54) is 36.7 Å². The number of anilines is 1. The van der Waals surface area contributed by atoms with Gasteiger partial charge in [-0.1, -0.05) is 0 Å². The van der Waals surface area contributed by atoms with Gasteiger partial charge in [0.2, 0.25) is 5.95 Å². The SMILES string of the molecule is O=C(Nc1ncc(Br)cn1)c1ccc(F)cc1. The lowest BCUT2D eigenvalue weighted by Gasteiger charge is -2.03. The number of halogens is 2. The van der Waals surface area contributed by atoms with Crippen molar-refractivity contribution in [3.63, 3.8) is 0 Å². The molecule has 2 rings (SSSR count). The molecule has 1 aromatic carbocycles. The second kappa shape index (κ2) is 5.01. The Labute approximate surface area is 105 Å². The van der Waals surface area contributed by atoms with E-state index in [9.17, 15) is 9.18 Å². The minimum Gasteiger partial charge on any atom is -0.290 e. The molecule has 1 aromatic heterocycles. The fourth-order valence-electron chi connectivity index (χ4n) is 1.15. The summed E-state index contributed by atoms with van der Waals surface area (Å²) in [6.45, 7) is 0. The highest BCUT2D eigenvalue weighted by Gasteiger charge is 2.07. The molecule has 4 nitrogen and oxygen atoms in total. The van der Waals surface area contributed by atoms with Crippen LogP contribution in [-0.2, 0) is 0 Å². The Morgan fingerprint density at radius 1 is 1.18 bits per heavy atom. The summed E-state index contributed by atoms with van der Waals surface area (Å²) >= 11 is 3.19. The number of nitrogens with one attached hydrogen (secondary N) is 1. The average molecular weight is 296 g/mol. The molecular formula is C11H7BrFN3O. The van der Waals surface area contributed by atoms with Crippen molar-refractivity contribution in [2.45, 2.75) is 0 Å². The van der Waals surface area contributed by atoms with Gasteiger partial charge in [-0.2, -0.15) is 0 Å². The zero-order valence-corrected chi connectivity index (χ0v) is 10.1. The van der Waals surface area contributed by atoms with E-state index in [4.69, 9.17) is 0 Å². The first-order valence-corrected chi connectivity index (χ1v) is 5.49. The number of hydrogen-bond donors (Lipinski definition) is 1. The third-order valence-corrected chi connectivity index (χ3v) is 2.36. The molecule has 0 aliphatic carbocycles. The first-order valence-electron chi connectivity index (χ1n) is 4.69. The molecule has 1 heterocycles. The van der Waals surface area contributed by atoms with Crippen molar-refractivity contribution in [3.05, 3.63) is 52.5 Å². The van der Waals surface area contributed by atoms with Crippen LogP contribution in [0.4, 0.5) is 10.3 Å². The van der Waals surface area contributed by atoms with E-state index in [1.807, 2.05) is 0 Å². The van der Waals surface area contributed by atoms with Crippen LogP contribution in [-0.4, -0.2) is 15.9 Å². The number of carbonyl (C=O) groups is 1. The molecule has 0 saturated carbocycles. The number of hydrogen-bond acceptors (Lipinski definition) is 3.